The van der Waals surface area contributed by atoms with Gasteiger partial charge in [-0.25, -0.2) is 4.79 Å². The van der Waals surface area contributed by atoms with Crippen LogP contribution in [-0.4, -0.2) is 24.6 Å². The number of nitrogens with two attached hydrogens (primary N) is 1. The Morgan fingerprint density at radius 2 is 2.00 bits per heavy atom. The Kier molecular flexibility index (Phi) is 4.49. The summed E-state index contributed by atoms with van der Waals surface area (Å²) in [6.07, 6.45) is 5.38. The molecule has 0 aromatic rings. The summed E-state index contributed by atoms with van der Waals surface area (Å²) in [5, 5.41) is 2.52. The zero-order valence-corrected chi connectivity index (χ0v) is 13.4. The molecular weight excluding hydrogens is 268 g/mol. The Morgan fingerprint density at radius 3 is 2.52 bits per heavy atom. The molecule has 5 heteroatoms. The number of amides is 2. The van der Waals surface area contributed by atoms with Crippen molar-refractivity contribution in [1.29, 1.82) is 0 Å². The number of unbranched alkanes of at least 4 members (excludes halogenated alkanes) is 1. The van der Waals surface area contributed by atoms with Crippen molar-refractivity contribution in [3.63, 3.8) is 0 Å². The molecule has 3 unspecified atom stereocenters. The molecule has 3 atom stereocenters. The number of urea groups is 1. The Hall–Kier alpha value is -1.26. The number of hydrogen-bond acceptors (Lipinski definition) is 3. The Bertz CT molecular complexity index is 422. The van der Waals surface area contributed by atoms with E-state index in [-0.39, 0.29) is 22.9 Å². The molecule has 2 amide bonds. The lowest BCUT2D eigenvalue weighted by Crippen LogP contribution is -2.38. The van der Waals surface area contributed by atoms with Crippen molar-refractivity contribution in [3.8, 4) is 0 Å². The summed E-state index contributed by atoms with van der Waals surface area (Å²) < 4.78 is 5.76. The van der Waals surface area contributed by atoms with E-state index in [4.69, 9.17) is 10.5 Å². The van der Waals surface area contributed by atoms with Crippen LogP contribution in [0.15, 0.2) is 0 Å². The molecule has 21 heavy (non-hydrogen) atoms. The van der Waals surface area contributed by atoms with Gasteiger partial charge in [0.1, 0.15) is 6.10 Å². The van der Waals surface area contributed by atoms with Crippen LogP contribution in [0.2, 0.25) is 0 Å². The van der Waals surface area contributed by atoms with Gasteiger partial charge in [0.2, 0.25) is 0 Å². The van der Waals surface area contributed by atoms with Gasteiger partial charge in [-0.1, -0.05) is 20.8 Å². The average molecular weight is 296 g/mol. The average Bonchev–Trinajstić information content (AvgIpc) is 2.71. The van der Waals surface area contributed by atoms with Gasteiger partial charge in [0.15, 0.2) is 0 Å². The maximum Gasteiger partial charge on any atom is 0.312 e. The fraction of sp³-hybridized carbons (Fsp3) is 0.875. The summed E-state index contributed by atoms with van der Waals surface area (Å²) in [5.74, 6) is 0.573. The van der Waals surface area contributed by atoms with Crippen LogP contribution in [0.1, 0.15) is 59.3 Å². The minimum atomic E-state index is -0.519. The molecule has 5 nitrogen and oxygen atoms in total. The molecular formula is C16H28N2O3. The SMILES string of the molecule is CC1(C)C2CCC1(C)C(OC(=O)CCCCNC(N)=O)C2. The smallest absolute Gasteiger partial charge is 0.312 e. The summed E-state index contributed by atoms with van der Waals surface area (Å²) in [6.45, 7) is 7.41. The molecule has 2 aliphatic rings. The van der Waals surface area contributed by atoms with E-state index < -0.39 is 6.03 Å². The van der Waals surface area contributed by atoms with Gasteiger partial charge in [-0.15, -0.1) is 0 Å². The highest BCUT2D eigenvalue weighted by atomic mass is 16.5. The second-order valence-corrected chi connectivity index (χ2v) is 7.34. The highest BCUT2D eigenvalue weighted by Gasteiger charge is 2.62. The monoisotopic (exact) mass is 296 g/mol. The third-order valence-corrected chi connectivity index (χ3v) is 6.09. The van der Waals surface area contributed by atoms with Gasteiger partial charge in [0.05, 0.1) is 0 Å². The number of rotatable bonds is 6. The topological polar surface area (TPSA) is 81.4 Å². The standard InChI is InChI=1S/C16H28N2O3/c1-15(2)11-7-8-16(15,3)12(10-11)21-13(19)6-4-5-9-18-14(17)20/h11-12H,4-10H2,1-3H3,(H3,17,18,20). The Labute approximate surface area is 127 Å². The predicted molar refractivity (Wildman–Crippen MR) is 80.5 cm³/mol. The molecule has 0 aromatic carbocycles. The molecule has 0 aliphatic heterocycles. The third-order valence-electron chi connectivity index (χ3n) is 6.09. The zero-order valence-electron chi connectivity index (χ0n) is 13.4. The number of primary amides is 1. The molecule has 0 heterocycles. The Balaban J connectivity index is 1.73. The molecule has 2 bridgehead atoms. The minimum absolute atomic E-state index is 0.0718. The summed E-state index contributed by atoms with van der Waals surface area (Å²) in [7, 11) is 0. The van der Waals surface area contributed by atoms with E-state index in [9.17, 15) is 9.59 Å². The van der Waals surface area contributed by atoms with Crippen molar-refractivity contribution in [1.82, 2.24) is 5.32 Å². The molecule has 120 valence electrons. The maximum absolute atomic E-state index is 12.0. The van der Waals surface area contributed by atoms with Gasteiger partial charge in [-0.2, -0.15) is 0 Å². The summed E-state index contributed by atoms with van der Waals surface area (Å²) in [6, 6.07) is -0.519. The first-order valence-corrected chi connectivity index (χ1v) is 8.00. The lowest BCUT2D eigenvalue weighted by Gasteiger charge is -2.38. The van der Waals surface area contributed by atoms with Crippen molar-refractivity contribution in [2.24, 2.45) is 22.5 Å². The fourth-order valence-electron chi connectivity index (χ4n) is 4.13. The van der Waals surface area contributed by atoms with E-state index in [1.165, 1.54) is 6.42 Å². The largest absolute Gasteiger partial charge is 0.462 e. The van der Waals surface area contributed by atoms with Crippen LogP contribution in [0.5, 0.6) is 0 Å². The van der Waals surface area contributed by atoms with E-state index in [1.54, 1.807) is 0 Å². The normalized spacial score (nSPS) is 32.9. The highest BCUT2D eigenvalue weighted by molar-refractivity contribution is 5.71. The first-order valence-electron chi connectivity index (χ1n) is 8.00. The number of ether oxygens (including phenoxy) is 1. The van der Waals surface area contributed by atoms with Crippen LogP contribution in [0, 0.1) is 16.7 Å². The number of hydrogen-bond donors (Lipinski definition) is 2. The summed E-state index contributed by atoms with van der Waals surface area (Å²) in [5.41, 5.74) is 5.37. The van der Waals surface area contributed by atoms with Crippen molar-refractivity contribution >= 4 is 12.0 Å². The number of carbonyl (C=O) groups excluding carboxylic acids is 2. The number of fused-ring (bicyclic) bond motifs is 2. The quantitative estimate of drug-likeness (QED) is 0.584. The van der Waals surface area contributed by atoms with Crippen LogP contribution in [-0.2, 0) is 9.53 Å². The first kappa shape index (κ1) is 16.1. The van der Waals surface area contributed by atoms with Gasteiger partial charge >= 0.3 is 12.0 Å². The Morgan fingerprint density at radius 1 is 1.29 bits per heavy atom. The second kappa shape index (κ2) is 5.85. The molecule has 2 aliphatic carbocycles. The van der Waals surface area contributed by atoms with Crippen LogP contribution in [0.3, 0.4) is 0 Å². The molecule has 3 N–H and O–H groups in total. The molecule has 2 saturated carbocycles. The molecule has 0 spiro atoms. The maximum atomic E-state index is 12.0. The van der Waals surface area contributed by atoms with Gasteiger partial charge < -0.3 is 15.8 Å². The number of nitrogens with one attached hydrogen (secondary N) is 1. The molecule has 0 saturated heterocycles. The van der Waals surface area contributed by atoms with E-state index in [2.05, 4.69) is 26.1 Å². The van der Waals surface area contributed by atoms with Crippen molar-refractivity contribution in [2.45, 2.75) is 65.4 Å². The molecule has 0 aromatic heterocycles. The van der Waals surface area contributed by atoms with Crippen molar-refractivity contribution in [3.05, 3.63) is 0 Å². The van der Waals surface area contributed by atoms with E-state index in [1.807, 2.05) is 0 Å². The highest BCUT2D eigenvalue weighted by Crippen LogP contribution is 2.66. The molecule has 0 radical (unpaired) electrons. The minimum Gasteiger partial charge on any atom is -0.462 e. The lowest BCUT2D eigenvalue weighted by molar-refractivity contribution is -0.157. The fourth-order valence-corrected chi connectivity index (χ4v) is 4.13. The first-order chi connectivity index (χ1) is 9.77. The summed E-state index contributed by atoms with van der Waals surface area (Å²) >= 11 is 0. The zero-order chi connectivity index (χ0) is 15.7. The van der Waals surface area contributed by atoms with Gasteiger partial charge in [0, 0.05) is 18.4 Å². The lowest BCUT2D eigenvalue weighted by atomic mass is 9.70. The van der Waals surface area contributed by atoms with Crippen LogP contribution >= 0.6 is 0 Å². The van der Waals surface area contributed by atoms with Crippen LogP contribution in [0.25, 0.3) is 0 Å². The number of esters is 1. The van der Waals surface area contributed by atoms with Crippen molar-refractivity contribution in [2.75, 3.05) is 6.54 Å². The van der Waals surface area contributed by atoms with E-state index >= 15 is 0 Å². The van der Waals surface area contributed by atoms with Crippen LogP contribution < -0.4 is 11.1 Å². The third kappa shape index (κ3) is 3.01. The van der Waals surface area contributed by atoms with Crippen molar-refractivity contribution < 1.29 is 14.3 Å². The predicted octanol–water partition coefficient (Wildman–Crippen LogP) is 2.58. The van der Waals surface area contributed by atoms with E-state index in [0.717, 1.165) is 25.7 Å². The summed E-state index contributed by atoms with van der Waals surface area (Å²) in [4.78, 5) is 22.5. The number of carbonyl (C=O) groups is 2. The van der Waals surface area contributed by atoms with Gasteiger partial charge in [0.25, 0.3) is 0 Å². The second-order valence-electron chi connectivity index (χ2n) is 7.34. The molecule has 2 rings (SSSR count). The molecule has 2 fully saturated rings. The van der Waals surface area contributed by atoms with Gasteiger partial charge in [-0.05, 0) is 43.4 Å². The van der Waals surface area contributed by atoms with E-state index in [0.29, 0.717) is 18.9 Å². The van der Waals surface area contributed by atoms with Crippen LogP contribution in [0.4, 0.5) is 4.79 Å². The van der Waals surface area contributed by atoms with Gasteiger partial charge in [-0.3, -0.25) is 4.79 Å².